The van der Waals surface area contributed by atoms with Crippen LogP contribution in [0.5, 0.6) is 0 Å². The highest BCUT2D eigenvalue weighted by Crippen LogP contribution is 2.23. The Labute approximate surface area is 167 Å². The number of anilines is 2. The van der Waals surface area contributed by atoms with Crippen LogP contribution < -0.4 is 5.32 Å². The summed E-state index contributed by atoms with van der Waals surface area (Å²) in [6, 6.07) is 15.3. The third kappa shape index (κ3) is 3.54. The molecule has 0 radical (unpaired) electrons. The molecule has 2 N–H and O–H groups in total. The zero-order chi connectivity index (χ0) is 19.6. The SMILES string of the molecule is O=C(c1cccc(Nc2nccc(-c3ccc4[nH]cnc4c3)n2)c1)N1CCCC1. The lowest BCUT2D eigenvalue weighted by Gasteiger charge is -2.15. The minimum atomic E-state index is 0.0770. The Morgan fingerprint density at radius 3 is 2.83 bits per heavy atom. The number of likely N-dealkylation sites (tertiary alicyclic amines) is 1. The summed E-state index contributed by atoms with van der Waals surface area (Å²) in [5.41, 5.74) is 5.11. The number of H-pyrrole nitrogens is 1. The van der Waals surface area contributed by atoms with E-state index in [1.807, 2.05) is 53.4 Å². The van der Waals surface area contributed by atoms with Crippen molar-refractivity contribution in [1.29, 1.82) is 0 Å². The van der Waals surface area contributed by atoms with E-state index in [0.29, 0.717) is 11.5 Å². The first-order valence-electron chi connectivity index (χ1n) is 9.69. The molecule has 0 saturated carbocycles. The van der Waals surface area contributed by atoms with Gasteiger partial charge in [-0.05, 0) is 49.2 Å². The van der Waals surface area contributed by atoms with Gasteiger partial charge in [-0.1, -0.05) is 12.1 Å². The zero-order valence-corrected chi connectivity index (χ0v) is 15.8. The van der Waals surface area contributed by atoms with Crippen molar-refractivity contribution in [3.63, 3.8) is 0 Å². The summed E-state index contributed by atoms with van der Waals surface area (Å²) in [6.45, 7) is 1.67. The van der Waals surface area contributed by atoms with Crippen LogP contribution in [-0.2, 0) is 0 Å². The average molecular weight is 384 g/mol. The molecule has 0 unspecified atom stereocenters. The normalized spacial score (nSPS) is 13.7. The number of aromatic nitrogens is 4. The van der Waals surface area contributed by atoms with Crippen molar-refractivity contribution in [2.45, 2.75) is 12.8 Å². The lowest BCUT2D eigenvalue weighted by Crippen LogP contribution is -2.27. The van der Waals surface area contributed by atoms with Crippen LogP contribution in [0.15, 0.2) is 61.1 Å². The van der Waals surface area contributed by atoms with Crippen LogP contribution >= 0.6 is 0 Å². The van der Waals surface area contributed by atoms with Crippen molar-refractivity contribution < 1.29 is 4.79 Å². The third-order valence-electron chi connectivity index (χ3n) is 5.13. The quantitative estimate of drug-likeness (QED) is 0.555. The lowest BCUT2D eigenvalue weighted by atomic mass is 10.1. The number of aromatic amines is 1. The van der Waals surface area contributed by atoms with E-state index in [9.17, 15) is 4.79 Å². The van der Waals surface area contributed by atoms with Crippen molar-refractivity contribution in [3.8, 4) is 11.3 Å². The molecule has 144 valence electrons. The molecule has 7 heteroatoms. The van der Waals surface area contributed by atoms with Gasteiger partial charge >= 0.3 is 0 Å². The monoisotopic (exact) mass is 384 g/mol. The van der Waals surface area contributed by atoms with E-state index < -0.39 is 0 Å². The Kier molecular flexibility index (Phi) is 4.40. The van der Waals surface area contributed by atoms with E-state index in [4.69, 9.17) is 0 Å². The Balaban J connectivity index is 1.39. The second kappa shape index (κ2) is 7.35. The number of rotatable bonds is 4. The van der Waals surface area contributed by atoms with E-state index in [-0.39, 0.29) is 5.91 Å². The topological polar surface area (TPSA) is 86.8 Å². The number of hydrogen-bond acceptors (Lipinski definition) is 5. The first-order chi connectivity index (χ1) is 14.3. The van der Waals surface area contributed by atoms with E-state index in [1.54, 1.807) is 12.5 Å². The van der Waals surface area contributed by atoms with Gasteiger partial charge in [0.25, 0.3) is 5.91 Å². The number of carbonyl (C=O) groups is 1. The summed E-state index contributed by atoms with van der Waals surface area (Å²) >= 11 is 0. The van der Waals surface area contributed by atoms with Gasteiger partial charge in [0.05, 0.1) is 23.1 Å². The summed E-state index contributed by atoms with van der Waals surface area (Å²) in [7, 11) is 0. The molecule has 0 aliphatic carbocycles. The fourth-order valence-corrected chi connectivity index (χ4v) is 3.63. The second-order valence-corrected chi connectivity index (χ2v) is 7.11. The van der Waals surface area contributed by atoms with Gasteiger partial charge in [0, 0.05) is 36.1 Å². The van der Waals surface area contributed by atoms with Gasteiger partial charge in [-0.15, -0.1) is 0 Å². The summed E-state index contributed by atoms with van der Waals surface area (Å²) in [5, 5.41) is 3.22. The third-order valence-corrected chi connectivity index (χ3v) is 5.13. The summed E-state index contributed by atoms with van der Waals surface area (Å²) < 4.78 is 0. The Morgan fingerprint density at radius 1 is 1.03 bits per heavy atom. The number of nitrogens with one attached hydrogen (secondary N) is 2. The molecule has 0 bridgehead atoms. The van der Waals surface area contributed by atoms with Crippen LogP contribution in [0.4, 0.5) is 11.6 Å². The standard InChI is InChI=1S/C22H20N6O/c29-21(28-10-1-2-11-28)16-4-3-5-17(12-16)26-22-23-9-8-18(27-22)15-6-7-19-20(13-15)25-14-24-19/h3-9,12-14H,1-2,10-11H2,(H,24,25)(H,23,26,27). The smallest absolute Gasteiger partial charge is 0.253 e. The number of nitrogens with zero attached hydrogens (tertiary/aromatic N) is 4. The molecule has 0 spiro atoms. The maximum Gasteiger partial charge on any atom is 0.253 e. The van der Waals surface area contributed by atoms with E-state index in [1.165, 1.54) is 0 Å². The summed E-state index contributed by atoms with van der Waals surface area (Å²) in [6.07, 6.45) is 5.55. The van der Waals surface area contributed by atoms with Gasteiger partial charge in [0.1, 0.15) is 0 Å². The van der Waals surface area contributed by atoms with E-state index in [2.05, 4.69) is 25.3 Å². The molecule has 2 aromatic heterocycles. The van der Waals surface area contributed by atoms with Gasteiger partial charge in [0.2, 0.25) is 5.95 Å². The highest BCUT2D eigenvalue weighted by atomic mass is 16.2. The maximum absolute atomic E-state index is 12.6. The zero-order valence-electron chi connectivity index (χ0n) is 15.8. The summed E-state index contributed by atoms with van der Waals surface area (Å²) in [4.78, 5) is 30.9. The first kappa shape index (κ1) is 17.4. The van der Waals surface area contributed by atoms with Crippen LogP contribution in [-0.4, -0.2) is 43.8 Å². The van der Waals surface area contributed by atoms with Gasteiger partial charge in [-0.3, -0.25) is 4.79 Å². The van der Waals surface area contributed by atoms with Crippen molar-refractivity contribution in [2.75, 3.05) is 18.4 Å². The molecule has 0 atom stereocenters. The Hall–Kier alpha value is -3.74. The molecule has 1 saturated heterocycles. The number of benzene rings is 2. The Bertz CT molecular complexity index is 1180. The number of carbonyl (C=O) groups excluding carboxylic acids is 1. The average Bonchev–Trinajstić information content (AvgIpc) is 3.45. The highest BCUT2D eigenvalue weighted by Gasteiger charge is 2.19. The molecule has 1 amide bonds. The predicted octanol–water partition coefficient (Wildman–Crippen LogP) is 4.00. The molecular formula is C22H20N6O. The van der Waals surface area contributed by atoms with Crippen LogP contribution in [0.3, 0.4) is 0 Å². The molecule has 29 heavy (non-hydrogen) atoms. The number of amides is 1. The first-order valence-corrected chi connectivity index (χ1v) is 9.69. The minimum absolute atomic E-state index is 0.0770. The molecule has 2 aromatic carbocycles. The van der Waals surface area contributed by atoms with E-state index in [0.717, 1.165) is 53.9 Å². The molecular weight excluding hydrogens is 364 g/mol. The van der Waals surface area contributed by atoms with Crippen LogP contribution in [0.2, 0.25) is 0 Å². The molecule has 5 rings (SSSR count). The van der Waals surface area contributed by atoms with Crippen molar-refractivity contribution in [2.24, 2.45) is 0 Å². The number of hydrogen-bond donors (Lipinski definition) is 2. The predicted molar refractivity (Wildman–Crippen MR) is 112 cm³/mol. The molecule has 1 fully saturated rings. The highest BCUT2D eigenvalue weighted by molar-refractivity contribution is 5.95. The van der Waals surface area contributed by atoms with Gasteiger partial charge in [0.15, 0.2) is 0 Å². The fraction of sp³-hybridized carbons (Fsp3) is 0.182. The maximum atomic E-state index is 12.6. The molecule has 1 aliphatic rings. The van der Waals surface area contributed by atoms with Gasteiger partial charge in [-0.25, -0.2) is 15.0 Å². The van der Waals surface area contributed by atoms with Gasteiger partial charge in [-0.2, -0.15) is 0 Å². The fourth-order valence-electron chi connectivity index (χ4n) is 3.63. The van der Waals surface area contributed by atoms with E-state index >= 15 is 0 Å². The van der Waals surface area contributed by atoms with Crippen LogP contribution in [0.1, 0.15) is 23.2 Å². The second-order valence-electron chi connectivity index (χ2n) is 7.11. The molecule has 1 aliphatic heterocycles. The Morgan fingerprint density at radius 2 is 1.93 bits per heavy atom. The minimum Gasteiger partial charge on any atom is -0.345 e. The van der Waals surface area contributed by atoms with Crippen molar-refractivity contribution >= 4 is 28.6 Å². The van der Waals surface area contributed by atoms with Crippen molar-refractivity contribution in [3.05, 3.63) is 66.6 Å². The van der Waals surface area contributed by atoms with Gasteiger partial charge < -0.3 is 15.2 Å². The lowest BCUT2D eigenvalue weighted by molar-refractivity contribution is 0.0793. The van der Waals surface area contributed by atoms with Crippen LogP contribution in [0, 0.1) is 0 Å². The number of imidazole rings is 1. The summed E-state index contributed by atoms with van der Waals surface area (Å²) in [5.74, 6) is 0.559. The number of fused-ring (bicyclic) bond motifs is 1. The molecule has 3 heterocycles. The molecule has 7 nitrogen and oxygen atoms in total. The molecule has 4 aromatic rings. The van der Waals surface area contributed by atoms with Crippen molar-refractivity contribution in [1.82, 2.24) is 24.8 Å². The largest absolute Gasteiger partial charge is 0.345 e. The van der Waals surface area contributed by atoms with Crippen LogP contribution in [0.25, 0.3) is 22.3 Å².